The summed E-state index contributed by atoms with van der Waals surface area (Å²) in [5.41, 5.74) is 0. The van der Waals surface area contributed by atoms with Crippen LogP contribution >= 0.6 is 11.6 Å². The molecular weight excluding hydrogens is 417 g/mol. The van der Waals surface area contributed by atoms with Gasteiger partial charge in [0.2, 0.25) is 15.9 Å². The summed E-state index contributed by atoms with van der Waals surface area (Å²) in [5, 5.41) is 0.364. The zero-order valence-corrected chi connectivity index (χ0v) is 16.9. The Balaban J connectivity index is 1.87. The predicted octanol–water partition coefficient (Wildman–Crippen LogP) is 3.68. The number of amides is 1. The zero-order chi connectivity index (χ0) is 20.7. The summed E-state index contributed by atoms with van der Waals surface area (Å²) in [6.45, 7) is 0.335. The minimum atomic E-state index is -4.54. The first-order valence-electron chi connectivity index (χ1n) is 9.15. The molecule has 2 aliphatic rings. The molecule has 1 aliphatic carbocycles. The van der Waals surface area contributed by atoms with Crippen molar-refractivity contribution in [1.82, 2.24) is 9.21 Å². The van der Waals surface area contributed by atoms with Crippen molar-refractivity contribution in [2.45, 2.75) is 55.8 Å². The van der Waals surface area contributed by atoms with E-state index in [9.17, 15) is 26.4 Å². The van der Waals surface area contributed by atoms with Gasteiger partial charge in [-0.25, -0.2) is 8.42 Å². The van der Waals surface area contributed by atoms with Crippen molar-refractivity contribution < 1.29 is 26.4 Å². The second-order valence-electron chi connectivity index (χ2n) is 7.39. The number of nitrogens with zero attached hydrogens (tertiary/aromatic N) is 2. The van der Waals surface area contributed by atoms with Gasteiger partial charge >= 0.3 is 6.18 Å². The Morgan fingerprint density at radius 2 is 1.86 bits per heavy atom. The van der Waals surface area contributed by atoms with Gasteiger partial charge in [-0.1, -0.05) is 11.6 Å². The topological polar surface area (TPSA) is 57.7 Å². The van der Waals surface area contributed by atoms with E-state index in [1.54, 1.807) is 6.92 Å². The van der Waals surface area contributed by atoms with Crippen LogP contribution in [-0.4, -0.2) is 54.9 Å². The summed E-state index contributed by atoms with van der Waals surface area (Å²) in [5.74, 6) is -0.735. The van der Waals surface area contributed by atoms with Crippen molar-refractivity contribution in [2.75, 3.05) is 13.1 Å². The van der Waals surface area contributed by atoms with E-state index >= 15 is 0 Å². The van der Waals surface area contributed by atoms with Gasteiger partial charge in [0.25, 0.3) is 0 Å². The highest BCUT2D eigenvalue weighted by Crippen LogP contribution is 2.37. The highest BCUT2D eigenvalue weighted by atomic mass is 35.5. The number of sulfonamides is 1. The van der Waals surface area contributed by atoms with Gasteiger partial charge < -0.3 is 4.90 Å². The van der Waals surface area contributed by atoms with E-state index in [0.29, 0.717) is 11.4 Å². The molecule has 28 heavy (non-hydrogen) atoms. The third-order valence-corrected chi connectivity index (χ3v) is 7.51. The normalized spacial score (nSPS) is 22.2. The van der Waals surface area contributed by atoms with Gasteiger partial charge in [0.05, 0.1) is 4.90 Å². The van der Waals surface area contributed by atoms with Crippen LogP contribution in [0, 0.1) is 5.92 Å². The summed E-state index contributed by atoms with van der Waals surface area (Å²) >= 11 is 5.80. The van der Waals surface area contributed by atoms with E-state index in [-0.39, 0.29) is 23.8 Å². The van der Waals surface area contributed by atoms with E-state index in [1.807, 2.05) is 0 Å². The van der Waals surface area contributed by atoms with Crippen LogP contribution in [0.5, 0.6) is 0 Å². The van der Waals surface area contributed by atoms with Gasteiger partial charge in [-0.05, 0) is 62.8 Å². The Morgan fingerprint density at radius 3 is 2.39 bits per heavy atom. The molecule has 3 rings (SSSR count). The molecule has 1 aliphatic heterocycles. The van der Waals surface area contributed by atoms with Crippen LogP contribution in [0.1, 0.15) is 32.6 Å². The first kappa shape index (κ1) is 21.4. The number of carbonyl (C=O) groups excluding carboxylic acids is 1. The summed E-state index contributed by atoms with van der Waals surface area (Å²) in [7, 11) is -4.01. The number of alkyl halides is 3. The lowest BCUT2D eigenvalue weighted by Gasteiger charge is -2.34. The highest BCUT2D eigenvalue weighted by Gasteiger charge is 2.46. The maximum absolute atomic E-state index is 13.1. The number of rotatable bonds is 6. The molecule has 1 heterocycles. The maximum Gasteiger partial charge on any atom is 0.406 e. The summed E-state index contributed by atoms with van der Waals surface area (Å²) in [6.07, 6.45) is -2.36. The Bertz CT molecular complexity index is 825. The van der Waals surface area contributed by atoms with Crippen LogP contribution < -0.4 is 0 Å². The molecule has 1 saturated heterocycles. The third kappa shape index (κ3) is 4.63. The molecular formula is C18H22ClF3N2O3S. The molecule has 0 bridgehead atoms. The lowest BCUT2D eigenvalue weighted by atomic mass is 10.1. The molecule has 0 radical (unpaired) electrons. The smallest absolute Gasteiger partial charge is 0.329 e. The van der Waals surface area contributed by atoms with E-state index in [1.165, 1.54) is 24.3 Å². The van der Waals surface area contributed by atoms with Crippen LogP contribution in [0.3, 0.4) is 0 Å². The second-order valence-corrected chi connectivity index (χ2v) is 9.71. The Hall–Kier alpha value is -1.32. The molecule has 2 fully saturated rings. The van der Waals surface area contributed by atoms with Crippen molar-refractivity contribution in [2.24, 2.45) is 5.92 Å². The molecule has 10 heteroatoms. The number of hydrogen-bond donors (Lipinski definition) is 0. The zero-order valence-electron chi connectivity index (χ0n) is 15.3. The van der Waals surface area contributed by atoms with Crippen molar-refractivity contribution >= 4 is 27.5 Å². The second kappa shape index (κ2) is 7.84. The SMILES string of the molecule is C[C@H](C1CC1)N(CC(F)(F)F)C(=O)[C@H]1CCCN1S(=O)(=O)c1ccc(Cl)cc1. The number of hydrogen-bond acceptors (Lipinski definition) is 3. The fourth-order valence-electron chi connectivity index (χ4n) is 3.66. The van der Waals surface area contributed by atoms with Crippen LogP contribution in [0.2, 0.25) is 5.02 Å². The maximum atomic E-state index is 13.1. The summed E-state index contributed by atoms with van der Waals surface area (Å²) in [4.78, 5) is 13.8. The van der Waals surface area contributed by atoms with Crippen LogP contribution in [-0.2, 0) is 14.8 Å². The van der Waals surface area contributed by atoms with Gasteiger partial charge in [-0.15, -0.1) is 0 Å². The van der Waals surface area contributed by atoms with Crippen LogP contribution in [0.4, 0.5) is 13.2 Å². The lowest BCUT2D eigenvalue weighted by molar-refractivity contribution is -0.168. The van der Waals surface area contributed by atoms with Crippen molar-refractivity contribution in [1.29, 1.82) is 0 Å². The molecule has 0 aromatic heterocycles. The van der Waals surface area contributed by atoms with Gasteiger partial charge in [-0.2, -0.15) is 17.5 Å². The van der Waals surface area contributed by atoms with E-state index in [4.69, 9.17) is 11.6 Å². The molecule has 0 N–H and O–H groups in total. The van der Waals surface area contributed by atoms with Gasteiger partial charge in [-0.3, -0.25) is 4.79 Å². The summed E-state index contributed by atoms with van der Waals surface area (Å²) in [6, 6.07) is 3.81. The van der Waals surface area contributed by atoms with Gasteiger partial charge in [0.15, 0.2) is 0 Å². The van der Waals surface area contributed by atoms with E-state index < -0.39 is 40.7 Å². The molecule has 0 spiro atoms. The number of carbonyl (C=O) groups is 1. The molecule has 1 aromatic rings. The quantitative estimate of drug-likeness (QED) is 0.680. The largest absolute Gasteiger partial charge is 0.406 e. The first-order chi connectivity index (χ1) is 13.0. The fraction of sp³-hybridized carbons (Fsp3) is 0.611. The predicted molar refractivity (Wildman–Crippen MR) is 98.3 cm³/mol. The van der Waals surface area contributed by atoms with E-state index in [0.717, 1.165) is 22.0 Å². The van der Waals surface area contributed by atoms with Gasteiger partial charge in [0.1, 0.15) is 12.6 Å². The fourth-order valence-corrected chi connectivity index (χ4v) is 5.43. The Morgan fingerprint density at radius 1 is 1.25 bits per heavy atom. The molecule has 156 valence electrons. The minimum absolute atomic E-state index is 0.0331. The average molecular weight is 439 g/mol. The first-order valence-corrected chi connectivity index (χ1v) is 11.0. The van der Waals surface area contributed by atoms with Gasteiger partial charge in [0, 0.05) is 17.6 Å². The minimum Gasteiger partial charge on any atom is -0.329 e. The Labute approximate surface area is 167 Å². The monoisotopic (exact) mass is 438 g/mol. The molecule has 1 amide bonds. The standard InChI is InChI=1S/C18H22ClF3N2O3S/c1-12(13-4-5-13)23(11-18(20,21)22)17(25)16-3-2-10-24(16)28(26,27)15-8-6-14(19)7-9-15/h6-9,12-13,16H,2-5,10-11H2,1H3/t12-,16-/m1/s1. The van der Waals surface area contributed by atoms with Crippen molar-refractivity contribution in [3.05, 3.63) is 29.3 Å². The van der Waals surface area contributed by atoms with Crippen LogP contribution in [0.25, 0.3) is 0 Å². The Kier molecular flexibility index (Phi) is 5.99. The molecule has 0 unspecified atom stereocenters. The highest BCUT2D eigenvalue weighted by molar-refractivity contribution is 7.89. The van der Waals surface area contributed by atoms with Crippen molar-refractivity contribution in [3.8, 4) is 0 Å². The van der Waals surface area contributed by atoms with Crippen LogP contribution in [0.15, 0.2) is 29.2 Å². The van der Waals surface area contributed by atoms with E-state index in [2.05, 4.69) is 0 Å². The molecule has 1 aromatic carbocycles. The lowest BCUT2D eigenvalue weighted by Crippen LogP contribution is -2.53. The average Bonchev–Trinajstić information content (AvgIpc) is 3.34. The number of benzene rings is 1. The molecule has 5 nitrogen and oxygen atoms in total. The molecule has 2 atom stereocenters. The number of halogens is 4. The third-order valence-electron chi connectivity index (χ3n) is 5.34. The summed E-state index contributed by atoms with van der Waals surface area (Å²) < 4.78 is 66.3. The van der Waals surface area contributed by atoms with Crippen molar-refractivity contribution in [3.63, 3.8) is 0 Å². The molecule has 1 saturated carbocycles.